The van der Waals surface area contributed by atoms with E-state index >= 15 is 0 Å². The Hall–Kier alpha value is -2.64. The fraction of sp³-hybridized carbons (Fsp3) is 0.261. The van der Waals surface area contributed by atoms with Crippen molar-refractivity contribution < 1.29 is 19.4 Å². The molecule has 2 aromatic carbocycles. The summed E-state index contributed by atoms with van der Waals surface area (Å²) in [5.41, 5.74) is 2.01. The number of nitrogens with zero attached hydrogens (tertiary/aromatic N) is 1. The van der Waals surface area contributed by atoms with Crippen molar-refractivity contribution in [2.75, 3.05) is 6.54 Å². The summed E-state index contributed by atoms with van der Waals surface area (Å²) in [6, 6.07) is 17.6. The van der Waals surface area contributed by atoms with E-state index in [9.17, 15) is 9.59 Å². The Morgan fingerprint density at radius 1 is 1.07 bits per heavy atom. The van der Waals surface area contributed by atoms with E-state index in [1.165, 1.54) is 11.8 Å². The molecule has 2 aromatic rings. The van der Waals surface area contributed by atoms with Gasteiger partial charge in [-0.3, -0.25) is 14.5 Å². The van der Waals surface area contributed by atoms with Crippen LogP contribution in [0, 0.1) is 0 Å². The normalized spacial score (nSPS) is 15.1. The Labute approximate surface area is 185 Å². The average molecular weight is 442 g/mol. The molecule has 0 bridgehead atoms. The van der Waals surface area contributed by atoms with Crippen LogP contribution in [0.4, 0.5) is 0 Å². The highest BCUT2D eigenvalue weighted by Crippen LogP contribution is 2.33. The molecule has 1 amide bonds. The Morgan fingerprint density at radius 2 is 1.80 bits per heavy atom. The quantitative estimate of drug-likeness (QED) is 0.314. The standard InChI is InChI=1S/C23H23NO4S2/c25-21(26)9-5-2-6-14-24-22(27)20(30-23(24)29)15-17-10-12-19(13-11-17)28-16-18-7-3-1-4-8-18/h1,3-4,7-8,10-13,15H,2,5-6,9,14,16H2,(H,25,26)/b20-15+. The molecule has 5 nitrogen and oxygen atoms in total. The van der Waals surface area contributed by atoms with E-state index in [0.29, 0.717) is 28.8 Å². The van der Waals surface area contributed by atoms with Crippen LogP contribution in [0.5, 0.6) is 5.75 Å². The molecular formula is C23H23NO4S2. The summed E-state index contributed by atoms with van der Waals surface area (Å²) in [4.78, 5) is 25.4. The predicted octanol–water partition coefficient (Wildman–Crippen LogP) is 5.11. The maximum Gasteiger partial charge on any atom is 0.303 e. The molecule has 1 aliphatic rings. The Morgan fingerprint density at radius 3 is 2.50 bits per heavy atom. The number of aliphatic carboxylic acids is 1. The molecule has 0 atom stereocenters. The summed E-state index contributed by atoms with van der Waals surface area (Å²) in [7, 11) is 0. The lowest BCUT2D eigenvalue weighted by Crippen LogP contribution is -2.29. The van der Waals surface area contributed by atoms with Crippen molar-refractivity contribution in [1.82, 2.24) is 4.90 Å². The van der Waals surface area contributed by atoms with Gasteiger partial charge in [0.2, 0.25) is 0 Å². The summed E-state index contributed by atoms with van der Waals surface area (Å²) in [5, 5.41) is 8.68. The van der Waals surface area contributed by atoms with Crippen molar-refractivity contribution >= 4 is 46.3 Å². The third kappa shape index (κ3) is 6.43. The third-order valence-corrected chi connectivity index (χ3v) is 5.95. The first-order valence-electron chi connectivity index (χ1n) is 9.77. The number of carbonyl (C=O) groups is 2. The Bertz CT molecular complexity index is 926. The van der Waals surface area contributed by atoms with Crippen molar-refractivity contribution in [3.05, 3.63) is 70.6 Å². The van der Waals surface area contributed by atoms with Gasteiger partial charge in [-0.05, 0) is 42.2 Å². The minimum atomic E-state index is -0.792. The zero-order valence-electron chi connectivity index (χ0n) is 16.5. The molecule has 3 rings (SSSR count). The molecule has 1 aliphatic heterocycles. The van der Waals surface area contributed by atoms with Crippen LogP contribution in [-0.2, 0) is 16.2 Å². The van der Waals surface area contributed by atoms with Crippen LogP contribution in [0.2, 0.25) is 0 Å². The van der Waals surface area contributed by atoms with Crippen molar-refractivity contribution in [2.45, 2.75) is 32.3 Å². The number of ether oxygens (including phenoxy) is 1. The third-order valence-electron chi connectivity index (χ3n) is 4.57. The number of rotatable bonds is 10. The molecule has 1 heterocycles. The highest BCUT2D eigenvalue weighted by molar-refractivity contribution is 8.26. The smallest absolute Gasteiger partial charge is 0.303 e. The number of thioether (sulfide) groups is 1. The summed E-state index contributed by atoms with van der Waals surface area (Å²) >= 11 is 6.65. The molecule has 30 heavy (non-hydrogen) atoms. The van der Waals surface area contributed by atoms with E-state index in [-0.39, 0.29) is 12.3 Å². The first-order chi connectivity index (χ1) is 14.5. The topological polar surface area (TPSA) is 66.8 Å². The van der Waals surface area contributed by atoms with Gasteiger partial charge in [-0.1, -0.05) is 72.9 Å². The molecule has 1 fully saturated rings. The number of amides is 1. The first-order valence-corrected chi connectivity index (χ1v) is 11.0. The average Bonchev–Trinajstić information content (AvgIpc) is 3.00. The van der Waals surface area contributed by atoms with Crippen LogP contribution in [0.3, 0.4) is 0 Å². The molecule has 156 valence electrons. The molecule has 0 spiro atoms. The van der Waals surface area contributed by atoms with Crippen molar-refractivity contribution in [1.29, 1.82) is 0 Å². The second kappa shape index (κ2) is 10.9. The highest BCUT2D eigenvalue weighted by Gasteiger charge is 2.31. The van der Waals surface area contributed by atoms with Gasteiger partial charge in [-0.25, -0.2) is 0 Å². The molecule has 0 unspecified atom stereocenters. The second-order valence-electron chi connectivity index (χ2n) is 6.88. The maximum atomic E-state index is 12.6. The number of carbonyl (C=O) groups excluding carboxylic acids is 1. The van der Waals surface area contributed by atoms with Crippen LogP contribution in [0.1, 0.15) is 36.8 Å². The first kappa shape index (κ1) is 22.1. The monoisotopic (exact) mass is 441 g/mol. The molecule has 0 radical (unpaired) electrons. The van der Waals surface area contributed by atoms with Gasteiger partial charge in [-0.15, -0.1) is 0 Å². The lowest BCUT2D eigenvalue weighted by molar-refractivity contribution is -0.137. The Kier molecular flexibility index (Phi) is 8.04. The SMILES string of the molecule is O=C(O)CCCCCN1C(=O)/C(=C\c2ccc(OCc3ccccc3)cc2)SC1=S. The lowest BCUT2D eigenvalue weighted by atomic mass is 10.2. The van der Waals surface area contributed by atoms with Gasteiger partial charge in [0.1, 0.15) is 16.7 Å². The van der Waals surface area contributed by atoms with Crippen LogP contribution in [-0.4, -0.2) is 32.7 Å². The Balaban J connectivity index is 1.52. The van der Waals surface area contributed by atoms with Gasteiger partial charge < -0.3 is 9.84 Å². The molecule has 0 aliphatic carbocycles. The minimum absolute atomic E-state index is 0.0901. The van der Waals surface area contributed by atoms with Gasteiger partial charge in [-0.2, -0.15) is 0 Å². The highest BCUT2D eigenvalue weighted by atomic mass is 32.2. The fourth-order valence-electron chi connectivity index (χ4n) is 2.97. The van der Waals surface area contributed by atoms with E-state index < -0.39 is 5.97 Å². The van der Waals surface area contributed by atoms with E-state index in [1.807, 2.05) is 60.7 Å². The zero-order chi connectivity index (χ0) is 21.3. The number of benzene rings is 2. The van der Waals surface area contributed by atoms with Gasteiger partial charge >= 0.3 is 5.97 Å². The predicted molar refractivity (Wildman–Crippen MR) is 123 cm³/mol. The summed E-state index contributed by atoms with van der Waals surface area (Å²) < 4.78 is 6.34. The van der Waals surface area contributed by atoms with Gasteiger partial charge in [0, 0.05) is 13.0 Å². The maximum absolute atomic E-state index is 12.6. The number of hydrogen-bond acceptors (Lipinski definition) is 5. The van der Waals surface area contributed by atoms with Crippen LogP contribution in [0.25, 0.3) is 6.08 Å². The molecule has 7 heteroatoms. The number of hydrogen-bond donors (Lipinski definition) is 1. The fourth-order valence-corrected chi connectivity index (χ4v) is 4.28. The number of carboxylic acids is 1. The van der Waals surface area contributed by atoms with Gasteiger partial charge in [0.15, 0.2) is 0 Å². The van der Waals surface area contributed by atoms with E-state index in [1.54, 1.807) is 4.90 Å². The lowest BCUT2D eigenvalue weighted by Gasteiger charge is -2.13. The van der Waals surface area contributed by atoms with E-state index in [0.717, 1.165) is 29.7 Å². The van der Waals surface area contributed by atoms with E-state index in [2.05, 4.69) is 0 Å². The van der Waals surface area contributed by atoms with Crippen LogP contribution < -0.4 is 4.74 Å². The summed E-state index contributed by atoms with van der Waals surface area (Å²) in [6.07, 6.45) is 4.10. The number of thiocarbonyl (C=S) groups is 1. The summed E-state index contributed by atoms with van der Waals surface area (Å²) in [6.45, 7) is 1.03. The molecule has 0 aromatic heterocycles. The van der Waals surface area contributed by atoms with E-state index in [4.69, 9.17) is 22.1 Å². The summed E-state index contributed by atoms with van der Waals surface area (Å²) in [5.74, 6) is -0.113. The van der Waals surface area contributed by atoms with Crippen molar-refractivity contribution in [3.63, 3.8) is 0 Å². The largest absolute Gasteiger partial charge is 0.489 e. The van der Waals surface area contributed by atoms with Gasteiger partial charge in [0.05, 0.1) is 4.91 Å². The number of carboxylic acid groups (broad SMARTS) is 1. The molecule has 1 saturated heterocycles. The number of unbranched alkanes of at least 4 members (excludes halogenated alkanes) is 2. The van der Waals surface area contributed by atoms with Crippen molar-refractivity contribution in [3.8, 4) is 5.75 Å². The second-order valence-corrected chi connectivity index (χ2v) is 8.56. The minimum Gasteiger partial charge on any atom is -0.489 e. The molecule has 1 N–H and O–H groups in total. The van der Waals surface area contributed by atoms with Crippen LogP contribution in [0.15, 0.2) is 59.5 Å². The molecular weight excluding hydrogens is 418 g/mol. The van der Waals surface area contributed by atoms with Crippen molar-refractivity contribution in [2.24, 2.45) is 0 Å². The zero-order valence-corrected chi connectivity index (χ0v) is 18.1. The molecule has 0 saturated carbocycles. The van der Waals surface area contributed by atoms with Crippen LogP contribution >= 0.6 is 24.0 Å². The van der Waals surface area contributed by atoms with Gasteiger partial charge in [0.25, 0.3) is 5.91 Å².